The van der Waals surface area contributed by atoms with Crippen molar-refractivity contribution in [2.45, 2.75) is 32.4 Å². The summed E-state index contributed by atoms with van der Waals surface area (Å²) in [5, 5.41) is 6.58. The summed E-state index contributed by atoms with van der Waals surface area (Å²) in [6.45, 7) is 4.26. The highest BCUT2D eigenvalue weighted by Gasteiger charge is 2.19. The monoisotopic (exact) mass is 286 g/mol. The molecule has 0 spiro atoms. The second kappa shape index (κ2) is 6.61. The number of hydrogen-bond donors (Lipinski definition) is 2. The minimum Gasteiger partial charge on any atom is -0.356 e. The zero-order valence-corrected chi connectivity index (χ0v) is 12.3. The highest BCUT2D eigenvalue weighted by Crippen LogP contribution is 2.15. The van der Waals surface area contributed by atoms with Crippen molar-refractivity contribution in [1.29, 1.82) is 0 Å². The maximum atomic E-state index is 11.7. The molecule has 1 amide bonds. The Morgan fingerprint density at radius 2 is 2.19 bits per heavy atom. The first-order chi connectivity index (χ1) is 10.3. The predicted molar refractivity (Wildman–Crippen MR) is 82.9 cm³/mol. The van der Waals surface area contributed by atoms with E-state index in [4.69, 9.17) is 0 Å². The molecule has 21 heavy (non-hydrogen) atoms. The molecule has 1 fully saturated rings. The molecule has 2 aliphatic heterocycles. The van der Waals surface area contributed by atoms with Gasteiger partial charge in [0.25, 0.3) is 0 Å². The van der Waals surface area contributed by atoms with Gasteiger partial charge in [-0.2, -0.15) is 0 Å². The minimum atomic E-state index is 0.277. The van der Waals surface area contributed by atoms with Crippen LogP contribution in [0.2, 0.25) is 0 Å². The van der Waals surface area contributed by atoms with Gasteiger partial charge in [0.15, 0.2) is 5.96 Å². The number of hydrogen-bond acceptors (Lipinski definition) is 4. The maximum absolute atomic E-state index is 11.7. The van der Waals surface area contributed by atoms with E-state index < -0.39 is 0 Å². The Bertz CT molecular complexity index is 541. The highest BCUT2D eigenvalue weighted by molar-refractivity contribution is 5.80. The van der Waals surface area contributed by atoms with E-state index in [1.54, 1.807) is 0 Å². The zero-order valence-electron chi connectivity index (χ0n) is 12.3. The number of aliphatic imine (C=N–C) groups is 1. The first kappa shape index (κ1) is 13.9. The largest absolute Gasteiger partial charge is 0.356 e. The van der Waals surface area contributed by atoms with Crippen LogP contribution in [0.5, 0.6) is 0 Å². The fraction of sp³-hybridized carbons (Fsp3) is 0.500. The fourth-order valence-electron chi connectivity index (χ4n) is 2.77. The molecule has 0 radical (unpaired) electrons. The number of nitrogens with zero attached hydrogens (tertiary/aromatic N) is 2. The average Bonchev–Trinajstić information content (AvgIpc) is 2.92. The highest BCUT2D eigenvalue weighted by atomic mass is 16.2. The Balaban J connectivity index is 1.57. The van der Waals surface area contributed by atoms with Crippen molar-refractivity contribution in [3.63, 3.8) is 0 Å². The summed E-state index contributed by atoms with van der Waals surface area (Å²) in [6.07, 6.45) is 2.79. The van der Waals surface area contributed by atoms with E-state index in [0.717, 1.165) is 51.5 Å². The standard InChI is InChI=1S/C16H22N4O/c21-15-6-2-9-20(15)12-14-5-1-4-13(10-14)11-19-16-17-7-3-8-18-16/h1,4-5,10H,2-3,6-9,11-12H2,(H2,17,18,19). The van der Waals surface area contributed by atoms with E-state index in [1.807, 2.05) is 4.90 Å². The first-order valence-electron chi connectivity index (χ1n) is 7.69. The second-order valence-corrected chi connectivity index (χ2v) is 5.60. The first-order valence-corrected chi connectivity index (χ1v) is 7.69. The normalized spacial score (nSPS) is 18.4. The zero-order chi connectivity index (χ0) is 14.5. The molecule has 0 bridgehead atoms. The molecule has 0 aromatic heterocycles. The molecule has 5 nitrogen and oxygen atoms in total. The SMILES string of the molecule is O=C1CCCN1Cc1cccc(CNC2=NCCCN2)c1. The molecular weight excluding hydrogens is 264 g/mol. The van der Waals surface area contributed by atoms with Gasteiger partial charge in [-0.25, -0.2) is 0 Å². The smallest absolute Gasteiger partial charge is 0.222 e. The van der Waals surface area contributed by atoms with Crippen molar-refractivity contribution in [3.05, 3.63) is 35.4 Å². The molecule has 1 saturated heterocycles. The van der Waals surface area contributed by atoms with Crippen LogP contribution in [0.3, 0.4) is 0 Å². The van der Waals surface area contributed by atoms with Gasteiger partial charge in [-0.15, -0.1) is 0 Å². The Morgan fingerprint density at radius 1 is 1.29 bits per heavy atom. The summed E-state index contributed by atoms with van der Waals surface area (Å²) in [5.74, 6) is 1.17. The van der Waals surface area contributed by atoms with Gasteiger partial charge in [0.2, 0.25) is 5.91 Å². The van der Waals surface area contributed by atoms with Crippen LogP contribution in [0.1, 0.15) is 30.4 Å². The molecule has 112 valence electrons. The van der Waals surface area contributed by atoms with E-state index in [0.29, 0.717) is 6.42 Å². The van der Waals surface area contributed by atoms with Crippen molar-refractivity contribution in [2.24, 2.45) is 4.99 Å². The summed E-state index contributed by atoms with van der Waals surface area (Å²) in [7, 11) is 0. The van der Waals surface area contributed by atoms with Crippen molar-refractivity contribution in [1.82, 2.24) is 15.5 Å². The molecule has 0 unspecified atom stereocenters. The third-order valence-corrected chi connectivity index (χ3v) is 3.89. The minimum absolute atomic E-state index is 0.277. The predicted octanol–water partition coefficient (Wildman–Crippen LogP) is 1.25. The molecule has 3 rings (SSSR count). The number of carbonyl (C=O) groups excluding carboxylic acids is 1. The lowest BCUT2D eigenvalue weighted by molar-refractivity contribution is -0.128. The molecule has 2 heterocycles. The number of likely N-dealkylation sites (tertiary alicyclic amines) is 1. The molecule has 2 N–H and O–H groups in total. The van der Waals surface area contributed by atoms with Gasteiger partial charge in [0.05, 0.1) is 0 Å². The number of amides is 1. The van der Waals surface area contributed by atoms with Crippen molar-refractivity contribution in [3.8, 4) is 0 Å². The summed E-state index contributed by atoms with van der Waals surface area (Å²) in [5.41, 5.74) is 2.41. The van der Waals surface area contributed by atoms with E-state index in [1.165, 1.54) is 11.1 Å². The van der Waals surface area contributed by atoms with Gasteiger partial charge in [-0.3, -0.25) is 9.79 Å². The molecule has 0 aliphatic carbocycles. The third-order valence-electron chi connectivity index (χ3n) is 3.89. The van der Waals surface area contributed by atoms with Gasteiger partial charge >= 0.3 is 0 Å². The lowest BCUT2D eigenvalue weighted by Gasteiger charge is -2.17. The van der Waals surface area contributed by atoms with Crippen LogP contribution in [0.25, 0.3) is 0 Å². The van der Waals surface area contributed by atoms with E-state index in [-0.39, 0.29) is 5.91 Å². The van der Waals surface area contributed by atoms with Crippen LogP contribution in [0.15, 0.2) is 29.3 Å². The van der Waals surface area contributed by atoms with Gasteiger partial charge in [-0.05, 0) is 24.0 Å². The van der Waals surface area contributed by atoms with Gasteiger partial charge in [-0.1, -0.05) is 24.3 Å². The van der Waals surface area contributed by atoms with Crippen molar-refractivity contribution >= 4 is 11.9 Å². The van der Waals surface area contributed by atoms with Crippen LogP contribution < -0.4 is 10.6 Å². The van der Waals surface area contributed by atoms with Crippen LogP contribution in [0, 0.1) is 0 Å². The molecule has 0 saturated carbocycles. The topological polar surface area (TPSA) is 56.7 Å². The number of carbonyl (C=O) groups is 1. The Kier molecular flexibility index (Phi) is 4.38. The molecule has 2 aliphatic rings. The number of rotatable bonds is 4. The van der Waals surface area contributed by atoms with Gasteiger partial charge < -0.3 is 15.5 Å². The summed E-state index contributed by atoms with van der Waals surface area (Å²) in [4.78, 5) is 18.0. The number of benzene rings is 1. The van der Waals surface area contributed by atoms with Crippen LogP contribution >= 0.6 is 0 Å². The summed E-state index contributed by atoms with van der Waals surface area (Å²) >= 11 is 0. The maximum Gasteiger partial charge on any atom is 0.222 e. The summed E-state index contributed by atoms with van der Waals surface area (Å²) in [6, 6.07) is 8.42. The molecule has 1 aromatic carbocycles. The van der Waals surface area contributed by atoms with Gasteiger partial charge in [0, 0.05) is 39.1 Å². The summed E-state index contributed by atoms with van der Waals surface area (Å²) < 4.78 is 0. The Hall–Kier alpha value is -2.04. The Morgan fingerprint density at radius 3 is 2.95 bits per heavy atom. The average molecular weight is 286 g/mol. The quantitative estimate of drug-likeness (QED) is 0.876. The van der Waals surface area contributed by atoms with Gasteiger partial charge in [0.1, 0.15) is 0 Å². The van der Waals surface area contributed by atoms with Crippen molar-refractivity contribution in [2.75, 3.05) is 19.6 Å². The lowest BCUT2D eigenvalue weighted by Crippen LogP contribution is -2.40. The number of nitrogens with one attached hydrogen (secondary N) is 2. The molecule has 0 atom stereocenters. The van der Waals surface area contributed by atoms with E-state index >= 15 is 0 Å². The molecule has 5 heteroatoms. The lowest BCUT2D eigenvalue weighted by atomic mass is 10.1. The van der Waals surface area contributed by atoms with E-state index in [2.05, 4.69) is 39.9 Å². The Labute approximate surface area is 125 Å². The van der Waals surface area contributed by atoms with Crippen LogP contribution in [-0.2, 0) is 17.9 Å². The van der Waals surface area contributed by atoms with Crippen LogP contribution in [-0.4, -0.2) is 36.4 Å². The van der Waals surface area contributed by atoms with Crippen molar-refractivity contribution < 1.29 is 4.79 Å². The van der Waals surface area contributed by atoms with Crippen LogP contribution in [0.4, 0.5) is 0 Å². The second-order valence-electron chi connectivity index (χ2n) is 5.60. The molecule has 1 aromatic rings. The third kappa shape index (κ3) is 3.74. The fourth-order valence-corrected chi connectivity index (χ4v) is 2.77. The molecular formula is C16H22N4O. The van der Waals surface area contributed by atoms with E-state index in [9.17, 15) is 4.79 Å². The number of guanidine groups is 1.